The van der Waals surface area contributed by atoms with Crippen molar-refractivity contribution < 1.29 is 8.42 Å². The van der Waals surface area contributed by atoms with E-state index in [1.54, 1.807) is 18.3 Å². The standard InChI is InChI=1S/C29H22Cl2N2O2S/c30-25-17-10-18-26(28(25)31)36(34,35)21-27-32-19-20-33(27)29(22-11-4-1-5-12-22,23-13-6-2-7-14-23)24-15-8-3-9-16-24/h1-20H,21H2. The molecule has 0 radical (unpaired) electrons. The molecule has 7 heteroatoms. The van der Waals surface area contributed by atoms with Crippen molar-refractivity contribution in [1.82, 2.24) is 9.55 Å². The Bertz CT molecular complexity index is 1490. The fourth-order valence-electron chi connectivity index (χ4n) is 4.67. The van der Waals surface area contributed by atoms with Gasteiger partial charge in [0.2, 0.25) is 0 Å². The fraction of sp³-hybridized carbons (Fsp3) is 0.0690. The van der Waals surface area contributed by atoms with Gasteiger partial charge in [0.1, 0.15) is 17.1 Å². The van der Waals surface area contributed by atoms with Gasteiger partial charge in [-0.2, -0.15) is 0 Å². The first-order valence-corrected chi connectivity index (χ1v) is 13.7. The van der Waals surface area contributed by atoms with E-state index in [0.717, 1.165) is 16.7 Å². The molecule has 0 atom stereocenters. The highest BCUT2D eigenvalue weighted by molar-refractivity contribution is 7.90. The van der Waals surface area contributed by atoms with Gasteiger partial charge in [-0.3, -0.25) is 0 Å². The Kier molecular flexibility index (Phi) is 6.71. The third-order valence-corrected chi connectivity index (χ3v) is 8.80. The fourth-order valence-corrected chi connectivity index (χ4v) is 6.76. The molecule has 1 heterocycles. The minimum Gasteiger partial charge on any atom is -0.316 e. The van der Waals surface area contributed by atoms with Crippen LogP contribution in [0, 0.1) is 0 Å². The van der Waals surface area contributed by atoms with Crippen molar-refractivity contribution in [2.45, 2.75) is 16.2 Å². The van der Waals surface area contributed by atoms with Gasteiger partial charge in [0, 0.05) is 12.4 Å². The van der Waals surface area contributed by atoms with Crippen molar-refractivity contribution in [3.8, 4) is 0 Å². The summed E-state index contributed by atoms with van der Waals surface area (Å²) in [6, 6.07) is 34.7. The van der Waals surface area contributed by atoms with Crippen LogP contribution in [0.2, 0.25) is 10.0 Å². The zero-order valence-corrected chi connectivity index (χ0v) is 21.5. The largest absolute Gasteiger partial charge is 0.316 e. The maximum absolute atomic E-state index is 13.6. The van der Waals surface area contributed by atoms with Crippen molar-refractivity contribution in [3.05, 3.63) is 154 Å². The molecule has 36 heavy (non-hydrogen) atoms. The van der Waals surface area contributed by atoms with Gasteiger partial charge < -0.3 is 4.57 Å². The summed E-state index contributed by atoms with van der Waals surface area (Å²) in [4.78, 5) is 4.51. The molecular formula is C29H22Cl2N2O2S. The molecule has 0 fully saturated rings. The molecule has 0 aliphatic heterocycles. The average molecular weight is 533 g/mol. The lowest BCUT2D eigenvalue weighted by Crippen LogP contribution is -2.39. The lowest BCUT2D eigenvalue weighted by Gasteiger charge is -2.38. The maximum atomic E-state index is 13.6. The normalized spacial score (nSPS) is 11.9. The molecule has 0 saturated carbocycles. The van der Waals surface area contributed by atoms with Gasteiger partial charge in [0.25, 0.3) is 0 Å². The molecule has 0 bridgehead atoms. The third kappa shape index (κ3) is 4.24. The molecular weight excluding hydrogens is 511 g/mol. The predicted octanol–water partition coefficient (Wildman–Crippen LogP) is 7.00. The molecule has 1 aromatic heterocycles. The molecule has 0 aliphatic carbocycles. The van der Waals surface area contributed by atoms with Crippen molar-refractivity contribution in [2.75, 3.05) is 0 Å². The maximum Gasteiger partial charge on any atom is 0.187 e. The molecule has 0 aliphatic rings. The lowest BCUT2D eigenvalue weighted by molar-refractivity contribution is 0.497. The van der Waals surface area contributed by atoms with Crippen LogP contribution in [0.25, 0.3) is 0 Å². The van der Waals surface area contributed by atoms with Crippen LogP contribution in [0.1, 0.15) is 22.5 Å². The van der Waals surface area contributed by atoms with Gasteiger partial charge >= 0.3 is 0 Å². The van der Waals surface area contributed by atoms with Gasteiger partial charge in [-0.15, -0.1) is 0 Å². The Morgan fingerprint density at radius 1 is 0.694 bits per heavy atom. The highest BCUT2D eigenvalue weighted by atomic mass is 35.5. The number of halogens is 2. The molecule has 0 N–H and O–H groups in total. The monoisotopic (exact) mass is 532 g/mol. The second-order valence-electron chi connectivity index (χ2n) is 8.33. The summed E-state index contributed by atoms with van der Waals surface area (Å²) in [5.41, 5.74) is 2.04. The summed E-state index contributed by atoms with van der Waals surface area (Å²) >= 11 is 12.4. The van der Waals surface area contributed by atoms with E-state index in [4.69, 9.17) is 23.2 Å². The van der Waals surface area contributed by atoms with Crippen LogP contribution < -0.4 is 0 Å². The first kappa shape index (κ1) is 24.3. The Balaban J connectivity index is 1.77. The molecule has 0 amide bonds. The summed E-state index contributed by atoms with van der Waals surface area (Å²) in [5, 5.41) is 0.200. The Hall–Kier alpha value is -3.38. The number of nitrogens with zero attached hydrogens (tertiary/aromatic N) is 2. The van der Waals surface area contributed by atoms with E-state index in [0.29, 0.717) is 5.82 Å². The smallest absolute Gasteiger partial charge is 0.187 e. The number of hydrogen-bond donors (Lipinski definition) is 0. The van der Waals surface area contributed by atoms with E-state index in [-0.39, 0.29) is 20.7 Å². The minimum absolute atomic E-state index is 0.0118. The van der Waals surface area contributed by atoms with Gasteiger partial charge in [0.05, 0.1) is 14.9 Å². The number of rotatable bonds is 7. The first-order valence-electron chi connectivity index (χ1n) is 11.3. The zero-order chi connectivity index (χ0) is 25.2. The molecule has 0 saturated heterocycles. The van der Waals surface area contributed by atoms with Crippen LogP contribution in [0.4, 0.5) is 0 Å². The van der Waals surface area contributed by atoms with Gasteiger partial charge in [0.15, 0.2) is 9.84 Å². The quantitative estimate of drug-likeness (QED) is 0.212. The molecule has 5 rings (SSSR count). The van der Waals surface area contributed by atoms with Crippen LogP contribution in [0.3, 0.4) is 0 Å². The number of imidazole rings is 1. The molecule has 180 valence electrons. The van der Waals surface area contributed by atoms with E-state index in [2.05, 4.69) is 4.98 Å². The SMILES string of the molecule is O=S(=O)(Cc1nccn1C(c1ccccc1)(c1ccccc1)c1ccccc1)c1cccc(Cl)c1Cl. The topological polar surface area (TPSA) is 52.0 Å². The summed E-state index contributed by atoms with van der Waals surface area (Å²) in [6.07, 6.45) is 3.46. The number of benzene rings is 4. The minimum atomic E-state index is -3.87. The van der Waals surface area contributed by atoms with E-state index in [1.807, 2.05) is 102 Å². The molecule has 4 aromatic carbocycles. The Morgan fingerprint density at radius 3 is 1.69 bits per heavy atom. The van der Waals surface area contributed by atoms with Crippen LogP contribution in [-0.2, 0) is 21.1 Å². The average Bonchev–Trinajstić information content (AvgIpc) is 3.35. The van der Waals surface area contributed by atoms with Crippen molar-refractivity contribution >= 4 is 33.0 Å². The summed E-state index contributed by atoms with van der Waals surface area (Å²) < 4.78 is 29.1. The van der Waals surface area contributed by atoms with Crippen LogP contribution in [-0.4, -0.2) is 18.0 Å². The lowest BCUT2D eigenvalue weighted by atomic mass is 9.76. The summed E-state index contributed by atoms with van der Waals surface area (Å²) in [7, 11) is -3.87. The molecule has 5 aromatic rings. The first-order chi connectivity index (χ1) is 17.4. The van der Waals surface area contributed by atoms with Crippen LogP contribution >= 0.6 is 23.2 Å². The van der Waals surface area contributed by atoms with Gasteiger partial charge in [-0.05, 0) is 28.8 Å². The second kappa shape index (κ2) is 9.94. The van der Waals surface area contributed by atoms with Crippen molar-refractivity contribution in [2.24, 2.45) is 0 Å². The number of aromatic nitrogens is 2. The van der Waals surface area contributed by atoms with E-state index in [9.17, 15) is 8.42 Å². The Morgan fingerprint density at radius 2 is 1.19 bits per heavy atom. The highest BCUT2D eigenvalue weighted by Crippen LogP contribution is 2.42. The summed E-state index contributed by atoms with van der Waals surface area (Å²) in [5.74, 6) is 0.0245. The van der Waals surface area contributed by atoms with E-state index < -0.39 is 15.4 Å². The van der Waals surface area contributed by atoms with Gasteiger partial charge in [-0.25, -0.2) is 13.4 Å². The van der Waals surface area contributed by atoms with E-state index in [1.165, 1.54) is 6.07 Å². The van der Waals surface area contributed by atoms with Crippen LogP contribution in [0.5, 0.6) is 0 Å². The Labute approximate surface area is 220 Å². The second-order valence-corrected chi connectivity index (χ2v) is 11.1. The number of sulfone groups is 1. The third-order valence-electron chi connectivity index (χ3n) is 6.22. The highest BCUT2D eigenvalue weighted by Gasteiger charge is 2.40. The van der Waals surface area contributed by atoms with Crippen molar-refractivity contribution in [1.29, 1.82) is 0 Å². The van der Waals surface area contributed by atoms with E-state index >= 15 is 0 Å². The predicted molar refractivity (Wildman–Crippen MR) is 144 cm³/mol. The van der Waals surface area contributed by atoms with Crippen molar-refractivity contribution in [3.63, 3.8) is 0 Å². The number of hydrogen-bond acceptors (Lipinski definition) is 3. The zero-order valence-electron chi connectivity index (χ0n) is 19.1. The molecule has 0 spiro atoms. The van der Waals surface area contributed by atoms with Gasteiger partial charge in [-0.1, -0.05) is 120 Å². The molecule has 4 nitrogen and oxygen atoms in total. The molecule has 0 unspecified atom stereocenters. The summed E-state index contributed by atoms with van der Waals surface area (Å²) in [6.45, 7) is 0. The van der Waals surface area contributed by atoms with Crippen LogP contribution in [0.15, 0.2) is 126 Å².